The Morgan fingerprint density at radius 1 is 1.15 bits per heavy atom. The number of amides is 2. The molecule has 10 nitrogen and oxygen atoms in total. The van der Waals surface area contributed by atoms with E-state index in [0.717, 1.165) is 32.6 Å². The molecule has 3 heterocycles. The number of thiazole rings is 1. The minimum atomic E-state index is -4.29. The Kier molecular flexibility index (Phi) is 7.20. The predicted octanol–water partition coefficient (Wildman–Crippen LogP) is 3.19. The highest BCUT2D eigenvalue weighted by Crippen LogP contribution is 2.32. The molecule has 0 bridgehead atoms. The molecule has 4 aromatic rings. The van der Waals surface area contributed by atoms with Crippen molar-refractivity contribution in [1.82, 2.24) is 19.0 Å². The summed E-state index contributed by atoms with van der Waals surface area (Å²) in [6.45, 7) is 1.77. The van der Waals surface area contributed by atoms with Gasteiger partial charge in [-0.2, -0.15) is 12.7 Å². The molecule has 0 fully saturated rings. The first-order chi connectivity index (χ1) is 18.5. The van der Waals surface area contributed by atoms with Crippen molar-refractivity contribution in [1.29, 1.82) is 0 Å². The van der Waals surface area contributed by atoms with Gasteiger partial charge in [0.1, 0.15) is 17.7 Å². The second-order valence-electron chi connectivity index (χ2n) is 9.12. The minimum absolute atomic E-state index is 0.0583. The van der Waals surface area contributed by atoms with Gasteiger partial charge in [-0.3, -0.25) is 18.5 Å². The average molecular weight is 576 g/mol. The highest BCUT2D eigenvalue weighted by atomic mass is 32.2. The van der Waals surface area contributed by atoms with Crippen molar-refractivity contribution in [2.24, 2.45) is 0 Å². The first-order valence-electron chi connectivity index (χ1n) is 11.8. The smallest absolute Gasteiger partial charge is 0.336 e. The topological polar surface area (TPSA) is 133 Å². The maximum absolute atomic E-state index is 13.3. The van der Waals surface area contributed by atoms with E-state index in [0.29, 0.717) is 28.8 Å². The van der Waals surface area contributed by atoms with E-state index in [4.69, 9.17) is 0 Å². The Morgan fingerprint density at radius 2 is 1.85 bits per heavy atom. The number of benzene rings is 2. The quantitative estimate of drug-likeness (QED) is 0.290. The molecule has 204 valence electrons. The van der Waals surface area contributed by atoms with Gasteiger partial charge in [-0.1, -0.05) is 12.1 Å². The molecule has 1 aliphatic rings. The number of rotatable bonds is 7. The lowest BCUT2D eigenvalue weighted by Crippen LogP contribution is -2.42. The molecule has 2 aromatic heterocycles. The zero-order chi connectivity index (χ0) is 27.9. The van der Waals surface area contributed by atoms with Gasteiger partial charge >= 0.3 is 10.3 Å². The number of halogens is 2. The molecule has 14 heteroatoms. The van der Waals surface area contributed by atoms with Gasteiger partial charge in [-0.15, -0.1) is 11.3 Å². The molecule has 1 atom stereocenters. The fraction of sp³-hybridized carbons (Fsp3) is 0.240. The summed E-state index contributed by atoms with van der Waals surface area (Å²) in [6, 6.07) is 8.82. The first-order valence-corrected chi connectivity index (χ1v) is 14.1. The van der Waals surface area contributed by atoms with Crippen molar-refractivity contribution in [3.8, 4) is 11.3 Å². The van der Waals surface area contributed by atoms with E-state index in [2.05, 4.69) is 15.6 Å². The zero-order valence-corrected chi connectivity index (χ0v) is 22.2. The molecular weight excluding hydrogens is 552 g/mol. The van der Waals surface area contributed by atoms with E-state index in [9.17, 15) is 31.3 Å². The number of nitrogens with zero attached hydrogens (tertiary/aromatic N) is 3. The molecule has 0 saturated heterocycles. The number of imidazole rings is 1. The van der Waals surface area contributed by atoms with Crippen molar-refractivity contribution in [2.75, 3.05) is 11.9 Å². The number of carbonyl (C=O) groups excluding carboxylic acids is 2. The van der Waals surface area contributed by atoms with Crippen molar-refractivity contribution >= 4 is 44.1 Å². The van der Waals surface area contributed by atoms with E-state index < -0.39 is 39.8 Å². The Balaban J connectivity index is 1.21. The van der Waals surface area contributed by atoms with Crippen LogP contribution in [0.3, 0.4) is 0 Å². The van der Waals surface area contributed by atoms with Crippen LogP contribution >= 0.6 is 11.3 Å². The van der Waals surface area contributed by atoms with Crippen LogP contribution in [0.5, 0.6) is 0 Å². The monoisotopic (exact) mass is 575 g/mol. The number of hydrogen-bond acceptors (Lipinski definition) is 6. The molecule has 0 unspecified atom stereocenters. The third-order valence-electron chi connectivity index (χ3n) is 6.25. The normalized spacial score (nSPS) is 14.7. The van der Waals surface area contributed by atoms with Crippen LogP contribution in [0.15, 0.2) is 48.7 Å². The van der Waals surface area contributed by atoms with Gasteiger partial charge in [0.05, 0.1) is 24.4 Å². The maximum Gasteiger partial charge on any atom is 0.336 e. The molecule has 0 saturated carbocycles. The van der Waals surface area contributed by atoms with Crippen LogP contribution in [-0.2, 0) is 39.3 Å². The van der Waals surface area contributed by atoms with E-state index in [1.54, 1.807) is 30.5 Å². The van der Waals surface area contributed by atoms with Crippen LogP contribution in [0.1, 0.15) is 23.1 Å². The zero-order valence-electron chi connectivity index (χ0n) is 20.5. The second-order valence-corrected chi connectivity index (χ2v) is 11.6. The number of carbonyl (C=O) groups is 2. The molecule has 2 aromatic carbocycles. The summed E-state index contributed by atoms with van der Waals surface area (Å²) in [6.07, 6.45) is 2.02. The van der Waals surface area contributed by atoms with E-state index in [-0.39, 0.29) is 25.1 Å². The van der Waals surface area contributed by atoms with Gasteiger partial charge in [0.15, 0.2) is 4.96 Å². The van der Waals surface area contributed by atoms with Crippen LogP contribution < -0.4 is 10.6 Å². The highest BCUT2D eigenvalue weighted by molar-refractivity contribution is 7.83. The van der Waals surface area contributed by atoms with Gasteiger partial charge in [-0.25, -0.2) is 13.8 Å². The van der Waals surface area contributed by atoms with E-state index in [1.165, 1.54) is 18.3 Å². The van der Waals surface area contributed by atoms with Crippen LogP contribution in [0.2, 0.25) is 0 Å². The van der Waals surface area contributed by atoms with Crippen LogP contribution in [0, 0.1) is 11.6 Å². The fourth-order valence-corrected chi connectivity index (χ4v) is 6.04. The Bertz CT molecular complexity index is 1660. The predicted molar refractivity (Wildman–Crippen MR) is 140 cm³/mol. The molecule has 0 spiro atoms. The number of nitrogens with one attached hydrogen (secondary N) is 2. The Hall–Kier alpha value is -3.72. The summed E-state index contributed by atoms with van der Waals surface area (Å²) >= 11 is 1.47. The summed E-state index contributed by atoms with van der Waals surface area (Å²) in [5.41, 5.74) is 2.83. The Labute approximate surface area is 226 Å². The van der Waals surface area contributed by atoms with Crippen LogP contribution in [0.4, 0.5) is 14.5 Å². The lowest BCUT2D eigenvalue weighted by atomic mass is 10.1. The van der Waals surface area contributed by atoms with Gasteiger partial charge in [0.25, 0.3) is 0 Å². The summed E-state index contributed by atoms with van der Waals surface area (Å²) in [4.78, 5) is 31.1. The number of aromatic nitrogens is 2. The summed E-state index contributed by atoms with van der Waals surface area (Å²) in [7, 11) is -4.29. The van der Waals surface area contributed by atoms with Crippen molar-refractivity contribution < 1.29 is 31.3 Å². The molecule has 39 heavy (non-hydrogen) atoms. The van der Waals surface area contributed by atoms with Gasteiger partial charge in [-0.05, 0) is 43.2 Å². The number of hydrogen-bond donors (Lipinski definition) is 3. The summed E-state index contributed by atoms with van der Waals surface area (Å²) < 4.78 is 62.0. The van der Waals surface area contributed by atoms with Crippen molar-refractivity contribution in [2.45, 2.75) is 32.4 Å². The van der Waals surface area contributed by atoms with Gasteiger partial charge in [0.2, 0.25) is 11.8 Å². The van der Waals surface area contributed by atoms with Gasteiger partial charge < -0.3 is 10.6 Å². The van der Waals surface area contributed by atoms with E-state index >= 15 is 0 Å². The van der Waals surface area contributed by atoms with Crippen LogP contribution in [0.25, 0.3) is 16.2 Å². The molecular formula is C25H23F2N5O5S2. The highest BCUT2D eigenvalue weighted by Gasteiger charge is 2.28. The molecule has 1 aliphatic heterocycles. The maximum atomic E-state index is 13.3. The molecule has 2 amide bonds. The molecule has 5 rings (SSSR count). The third kappa shape index (κ3) is 5.98. The standard InChI is InChI=1S/C25H23F2N5O5S2/c1-14(28-23(33)10-15-8-17(26)11-18(27)9-15)24(34)29-19-4-2-16(3-5-19)20-12-32-21-13-31(39(35,36)37)7-6-22(21)38-25(32)30-20/h2-5,8-9,11-12,14H,6-7,10,13H2,1H3,(H,28,33)(H,29,34)(H,35,36,37)/t14-/m0/s1. The fourth-order valence-electron chi connectivity index (χ4n) is 4.33. The second kappa shape index (κ2) is 10.4. The van der Waals surface area contributed by atoms with Crippen LogP contribution in [-0.4, -0.2) is 51.1 Å². The van der Waals surface area contributed by atoms with Crippen molar-refractivity contribution in [3.63, 3.8) is 0 Å². The minimum Gasteiger partial charge on any atom is -0.344 e. The Morgan fingerprint density at radius 3 is 2.51 bits per heavy atom. The SMILES string of the molecule is C[C@H](NC(=O)Cc1cc(F)cc(F)c1)C(=O)Nc1ccc(-c2cn3c4c(sc3n2)CCN(S(=O)(=O)O)C4)cc1. The third-order valence-corrected chi connectivity index (χ3v) is 8.37. The summed E-state index contributed by atoms with van der Waals surface area (Å²) in [5.74, 6) is -2.60. The largest absolute Gasteiger partial charge is 0.344 e. The number of fused-ring (bicyclic) bond motifs is 3. The lowest BCUT2D eigenvalue weighted by Gasteiger charge is -2.22. The van der Waals surface area contributed by atoms with Gasteiger partial charge in [0, 0.05) is 34.9 Å². The molecule has 0 aliphatic carbocycles. The lowest BCUT2D eigenvalue weighted by molar-refractivity contribution is -0.125. The first kappa shape index (κ1) is 26.9. The van der Waals surface area contributed by atoms with Crippen molar-refractivity contribution in [3.05, 3.63) is 76.4 Å². The molecule has 0 radical (unpaired) electrons. The summed E-state index contributed by atoms with van der Waals surface area (Å²) in [5, 5.41) is 5.22. The number of anilines is 1. The molecule has 3 N–H and O–H groups in total. The van der Waals surface area contributed by atoms with E-state index in [1.807, 2.05) is 4.40 Å². The average Bonchev–Trinajstić information content (AvgIpc) is 3.41.